The summed E-state index contributed by atoms with van der Waals surface area (Å²) >= 11 is 0. The number of carboxylic acid groups (broad SMARTS) is 1. The summed E-state index contributed by atoms with van der Waals surface area (Å²) in [5, 5.41) is 9.95. The van der Waals surface area contributed by atoms with E-state index >= 15 is 0 Å². The van der Waals surface area contributed by atoms with E-state index in [1.165, 1.54) is 0 Å². The molecule has 1 aromatic heterocycles. The number of para-hydroxylation sites is 1. The summed E-state index contributed by atoms with van der Waals surface area (Å²) in [5.41, 5.74) is 1.82. The Bertz CT molecular complexity index is 750. The Kier molecular flexibility index (Phi) is 4.88. The van der Waals surface area contributed by atoms with Crippen LogP contribution < -0.4 is 0 Å². The fourth-order valence-corrected chi connectivity index (χ4v) is 3.70. The molecule has 1 aromatic carbocycles. The number of hydrogen-bond acceptors (Lipinski definition) is 2. The molecule has 0 radical (unpaired) electrons. The van der Waals surface area contributed by atoms with E-state index in [1.807, 2.05) is 35.2 Å². The van der Waals surface area contributed by atoms with Crippen molar-refractivity contribution in [2.24, 2.45) is 5.92 Å². The Balaban J connectivity index is 1.79. The molecule has 0 aliphatic carbocycles. The van der Waals surface area contributed by atoms with Gasteiger partial charge in [-0.2, -0.15) is 0 Å². The van der Waals surface area contributed by atoms with Crippen LogP contribution in [0.25, 0.3) is 10.9 Å². The fourth-order valence-electron chi connectivity index (χ4n) is 3.70. The molecule has 5 nitrogen and oxygen atoms in total. The van der Waals surface area contributed by atoms with Gasteiger partial charge in [0.2, 0.25) is 0 Å². The maximum absolute atomic E-state index is 13.0. The van der Waals surface area contributed by atoms with Crippen LogP contribution in [-0.2, 0) is 11.3 Å². The smallest absolute Gasteiger partial charge is 0.303 e. The lowest BCUT2D eigenvalue weighted by molar-refractivity contribution is -0.137. The number of carbonyl (C=O) groups is 2. The minimum absolute atomic E-state index is 0.0630. The maximum Gasteiger partial charge on any atom is 0.303 e. The number of aryl methyl sites for hydroxylation is 1. The summed E-state index contributed by atoms with van der Waals surface area (Å²) in [4.78, 5) is 25.7. The Hall–Kier alpha value is -2.30. The summed E-state index contributed by atoms with van der Waals surface area (Å²) in [6, 6.07) is 10.0. The van der Waals surface area contributed by atoms with Gasteiger partial charge in [0.05, 0.1) is 0 Å². The van der Waals surface area contributed by atoms with Gasteiger partial charge in [0.15, 0.2) is 0 Å². The van der Waals surface area contributed by atoms with E-state index in [1.54, 1.807) is 0 Å². The molecule has 3 rings (SSSR count). The van der Waals surface area contributed by atoms with Crippen molar-refractivity contribution < 1.29 is 14.7 Å². The largest absolute Gasteiger partial charge is 0.481 e. The molecule has 0 spiro atoms. The highest BCUT2D eigenvalue weighted by Gasteiger charge is 2.27. The minimum Gasteiger partial charge on any atom is -0.481 e. The molecule has 1 atom stereocenters. The van der Waals surface area contributed by atoms with Crippen LogP contribution in [0.15, 0.2) is 30.3 Å². The SMILES string of the molecule is CCn1c(C(=O)N2CCCC(CCC(=O)O)C2)cc2ccccc21. The maximum atomic E-state index is 13.0. The lowest BCUT2D eigenvalue weighted by Crippen LogP contribution is -2.40. The van der Waals surface area contributed by atoms with Gasteiger partial charge in [-0.1, -0.05) is 18.2 Å². The molecule has 24 heavy (non-hydrogen) atoms. The van der Waals surface area contributed by atoms with Gasteiger partial charge in [-0.3, -0.25) is 9.59 Å². The molecule has 0 saturated carbocycles. The van der Waals surface area contributed by atoms with Crippen LogP contribution in [0, 0.1) is 5.92 Å². The molecule has 1 unspecified atom stereocenters. The number of amides is 1. The summed E-state index contributed by atoms with van der Waals surface area (Å²) in [5.74, 6) is -0.407. The van der Waals surface area contributed by atoms with Crippen molar-refractivity contribution in [2.75, 3.05) is 13.1 Å². The highest BCUT2D eigenvalue weighted by Crippen LogP contribution is 2.25. The average Bonchev–Trinajstić information content (AvgIpc) is 2.98. The van der Waals surface area contributed by atoms with Gasteiger partial charge >= 0.3 is 5.97 Å². The van der Waals surface area contributed by atoms with Crippen LogP contribution in [0.5, 0.6) is 0 Å². The quantitative estimate of drug-likeness (QED) is 0.915. The summed E-state index contributed by atoms with van der Waals surface area (Å²) in [7, 11) is 0. The first kappa shape index (κ1) is 16.6. The summed E-state index contributed by atoms with van der Waals surface area (Å²) in [6.45, 7) is 4.23. The molecule has 0 bridgehead atoms. The van der Waals surface area contributed by atoms with E-state index < -0.39 is 5.97 Å². The number of benzene rings is 1. The first-order chi connectivity index (χ1) is 11.6. The van der Waals surface area contributed by atoms with Gasteiger partial charge in [-0.25, -0.2) is 0 Å². The number of aromatic nitrogens is 1. The Morgan fingerprint density at radius 2 is 2.08 bits per heavy atom. The predicted molar refractivity (Wildman–Crippen MR) is 93.1 cm³/mol. The number of fused-ring (bicyclic) bond motifs is 1. The topological polar surface area (TPSA) is 62.5 Å². The zero-order valence-electron chi connectivity index (χ0n) is 14.1. The van der Waals surface area contributed by atoms with Crippen molar-refractivity contribution in [3.8, 4) is 0 Å². The van der Waals surface area contributed by atoms with E-state index in [4.69, 9.17) is 5.11 Å². The monoisotopic (exact) mass is 328 g/mol. The number of nitrogens with zero attached hydrogens (tertiary/aromatic N) is 2. The first-order valence-corrected chi connectivity index (χ1v) is 8.69. The molecule has 2 aromatic rings. The van der Waals surface area contributed by atoms with Crippen molar-refractivity contribution in [1.82, 2.24) is 9.47 Å². The second kappa shape index (κ2) is 7.07. The number of rotatable bonds is 5. The second-order valence-electron chi connectivity index (χ2n) is 6.52. The lowest BCUT2D eigenvalue weighted by Gasteiger charge is -2.32. The predicted octanol–water partition coefficient (Wildman–Crippen LogP) is 3.38. The third-order valence-corrected chi connectivity index (χ3v) is 4.92. The molecule has 1 amide bonds. The van der Waals surface area contributed by atoms with Crippen LogP contribution in [0.2, 0.25) is 0 Å². The van der Waals surface area contributed by atoms with Crippen LogP contribution in [0.3, 0.4) is 0 Å². The van der Waals surface area contributed by atoms with Crippen molar-refractivity contribution in [3.05, 3.63) is 36.0 Å². The number of piperidine rings is 1. The number of carbonyl (C=O) groups excluding carboxylic acids is 1. The van der Waals surface area contributed by atoms with Crippen LogP contribution in [-0.4, -0.2) is 39.5 Å². The zero-order valence-corrected chi connectivity index (χ0v) is 14.1. The molecular formula is C19H24N2O3. The third-order valence-electron chi connectivity index (χ3n) is 4.92. The van der Waals surface area contributed by atoms with Crippen LogP contribution in [0.1, 0.15) is 43.1 Å². The van der Waals surface area contributed by atoms with E-state index in [2.05, 4.69) is 11.5 Å². The van der Waals surface area contributed by atoms with Crippen molar-refractivity contribution >= 4 is 22.8 Å². The molecule has 1 fully saturated rings. The third kappa shape index (κ3) is 3.30. The number of aliphatic carboxylic acids is 1. The van der Waals surface area contributed by atoms with E-state index in [0.29, 0.717) is 18.9 Å². The Morgan fingerprint density at radius 3 is 2.83 bits per heavy atom. The first-order valence-electron chi connectivity index (χ1n) is 8.69. The van der Waals surface area contributed by atoms with Gasteiger partial charge in [0.1, 0.15) is 5.69 Å². The van der Waals surface area contributed by atoms with Crippen molar-refractivity contribution in [2.45, 2.75) is 39.2 Å². The van der Waals surface area contributed by atoms with Crippen LogP contribution >= 0.6 is 0 Å². The highest BCUT2D eigenvalue weighted by molar-refractivity contribution is 5.98. The average molecular weight is 328 g/mol. The molecule has 1 aliphatic rings. The van der Waals surface area contributed by atoms with Gasteiger partial charge < -0.3 is 14.6 Å². The van der Waals surface area contributed by atoms with Crippen LogP contribution in [0.4, 0.5) is 0 Å². The molecule has 1 N–H and O–H groups in total. The van der Waals surface area contributed by atoms with Gasteiger partial charge in [0.25, 0.3) is 5.91 Å². The van der Waals surface area contributed by atoms with E-state index in [-0.39, 0.29) is 12.3 Å². The Morgan fingerprint density at radius 1 is 1.29 bits per heavy atom. The Labute approximate surface area is 141 Å². The van der Waals surface area contributed by atoms with Gasteiger partial charge in [-0.05, 0) is 44.2 Å². The van der Waals surface area contributed by atoms with E-state index in [0.717, 1.165) is 42.5 Å². The standard InChI is InChI=1S/C19H24N2O3/c1-2-21-16-8-4-3-7-15(16)12-17(21)19(24)20-11-5-6-14(13-20)9-10-18(22)23/h3-4,7-8,12,14H,2,5-6,9-11,13H2,1H3,(H,22,23). The number of carboxylic acids is 1. The minimum atomic E-state index is -0.760. The van der Waals surface area contributed by atoms with Crippen molar-refractivity contribution in [3.63, 3.8) is 0 Å². The second-order valence-corrected chi connectivity index (χ2v) is 6.52. The number of hydrogen-bond donors (Lipinski definition) is 1. The van der Waals surface area contributed by atoms with Crippen molar-refractivity contribution in [1.29, 1.82) is 0 Å². The summed E-state index contributed by atoms with van der Waals surface area (Å²) in [6.07, 6.45) is 2.79. The normalized spacial score (nSPS) is 18.0. The fraction of sp³-hybridized carbons (Fsp3) is 0.474. The molecule has 128 valence electrons. The molecule has 1 saturated heterocycles. The molecule has 2 heterocycles. The summed E-state index contributed by atoms with van der Waals surface area (Å²) < 4.78 is 2.07. The number of likely N-dealkylation sites (tertiary alicyclic amines) is 1. The molecular weight excluding hydrogens is 304 g/mol. The van der Waals surface area contributed by atoms with Gasteiger partial charge in [0, 0.05) is 37.0 Å². The highest BCUT2D eigenvalue weighted by atomic mass is 16.4. The molecule has 1 aliphatic heterocycles. The lowest BCUT2D eigenvalue weighted by atomic mass is 9.93. The zero-order chi connectivity index (χ0) is 17.1. The van der Waals surface area contributed by atoms with E-state index in [9.17, 15) is 9.59 Å². The molecule has 5 heteroatoms. The van der Waals surface area contributed by atoms with Gasteiger partial charge in [-0.15, -0.1) is 0 Å².